The molecule has 0 amide bonds. The van der Waals surface area contributed by atoms with E-state index in [1.165, 1.54) is 32.4 Å². The Morgan fingerprint density at radius 2 is 1.78 bits per heavy atom. The van der Waals surface area contributed by atoms with E-state index in [1.807, 2.05) is 0 Å². The quantitative estimate of drug-likeness (QED) is 0.827. The molecule has 1 fully saturated rings. The van der Waals surface area contributed by atoms with E-state index in [1.54, 1.807) is 0 Å². The van der Waals surface area contributed by atoms with Crippen molar-refractivity contribution in [1.82, 2.24) is 10.2 Å². The summed E-state index contributed by atoms with van der Waals surface area (Å²) in [6.07, 6.45) is 3.72. The first-order chi connectivity index (χ1) is 8.08. The van der Waals surface area contributed by atoms with Gasteiger partial charge in [0.2, 0.25) is 0 Å². The minimum atomic E-state index is 0.283. The fourth-order valence-corrected chi connectivity index (χ4v) is 3.38. The molecule has 0 saturated carbocycles. The van der Waals surface area contributed by atoms with Gasteiger partial charge in [0.15, 0.2) is 0 Å². The van der Waals surface area contributed by atoms with Crippen LogP contribution in [-0.2, 0) is 0 Å². The highest BCUT2D eigenvalue weighted by Gasteiger charge is 2.36. The van der Waals surface area contributed by atoms with Crippen LogP contribution in [0.5, 0.6) is 0 Å². The highest BCUT2D eigenvalue weighted by Crippen LogP contribution is 2.33. The molecule has 0 aromatic carbocycles. The van der Waals surface area contributed by atoms with Gasteiger partial charge in [-0.05, 0) is 58.5 Å². The summed E-state index contributed by atoms with van der Waals surface area (Å²) < 4.78 is 0. The van der Waals surface area contributed by atoms with Crippen LogP contribution in [0, 0.1) is 5.41 Å². The molecular formula is C16H34N2. The van der Waals surface area contributed by atoms with Gasteiger partial charge in [0.25, 0.3) is 0 Å². The fourth-order valence-electron chi connectivity index (χ4n) is 3.38. The van der Waals surface area contributed by atoms with Crippen LogP contribution in [0.15, 0.2) is 0 Å². The van der Waals surface area contributed by atoms with Gasteiger partial charge in [-0.25, -0.2) is 0 Å². The summed E-state index contributed by atoms with van der Waals surface area (Å²) in [6.45, 7) is 20.1. The maximum Gasteiger partial charge on any atom is 0.0278 e. The van der Waals surface area contributed by atoms with Crippen molar-refractivity contribution in [3.05, 3.63) is 0 Å². The minimum Gasteiger partial charge on any atom is -0.310 e. The Morgan fingerprint density at radius 1 is 1.17 bits per heavy atom. The molecule has 1 atom stereocenters. The number of hydrogen-bond donors (Lipinski definition) is 1. The van der Waals surface area contributed by atoms with E-state index in [4.69, 9.17) is 0 Å². The van der Waals surface area contributed by atoms with Gasteiger partial charge >= 0.3 is 0 Å². The third-order valence-corrected chi connectivity index (χ3v) is 4.30. The average molecular weight is 254 g/mol. The van der Waals surface area contributed by atoms with E-state index in [0.717, 1.165) is 6.54 Å². The zero-order valence-corrected chi connectivity index (χ0v) is 13.7. The van der Waals surface area contributed by atoms with Crippen molar-refractivity contribution >= 4 is 0 Å². The van der Waals surface area contributed by atoms with Crippen molar-refractivity contribution in [1.29, 1.82) is 0 Å². The van der Waals surface area contributed by atoms with Gasteiger partial charge < -0.3 is 5.32 Å². The normalized spacial score (nSPS) is 28.2. The molecule has 108 valence electrons. The SMILES string of the molecule is CCC1(C)CN(C(C)(C)CC(C)(C)C)CCCN1. The molecule has 0 spiro atoms. The fraction of sp³-hybridized carbons (Fsp3) is 1.00. The van der Waals surface area contributed by atoms with E-state index < -0.39 is 0 Å². The second-order valence-electron chi connectivity index (χ2n) is 8.17. The van der Waals surface area contributed by atoms with E-state index in [0.29, 0.717) is 11.0 Å². The Bertz CT molecular complexity index is 265. The van der Waals surface area contributed by atoms with Crippen LogP contribution in [-0.4, -0.2) is 35.6 Å². The lowest BCUT2D eigenvalue weighted by Crippen LogP contribution is -2.54. The number of rotatable bonds is 3. The summed E-state index contributed by atoms with van der Waals surface area (Å²) in [6, 6.07) is 0. The standard InChI is InChI=1S/C16H34N2/c1-8-16(7)13-18(11-9-10-17-16)15(5,6)12-14(2,3)4/h17H,8-13H2,1-7H3. The first-order valence-electron chi connectivity index (χ1n) is 7.58. The van der Waals surface area contributed by atoms with E-state index in [9.17, 15) is 0 Å². The molecule has 0 aromatic rings. The van der Waals surface area contributed by atoms with Crippen LogP contribution >= 0.6 is 0 Å². The Labute approximate surface area is 115 Å². The summed E-state index contributed by atoms with van der Waals surface area (Å²) in [5, 5.41) is 3.73. The molecule has 0 aromatic heterocycles. The summed E-state index contributed by atoms with van der Waals surface area (Å²) in [5.41, 5.74) is 0.970. The van der Waals surface area contributed by atoms with Crippen molar-refractivity contribution < 1.29 is 0 Å². The van der Waals surface area contributed by atoms with Gasteiger partial charge in [0.05, 0.1) is 0 Å². The van der Waals surface area contributed by atoms with Crippen LogP contribution in [0.3, 0.4) is 0 Å². The van der Waals surface area contributed by atoms with E-state index in [2.05, 4.69) is 58.7 Å². The van der Waals surface area contributed by atoms with Gasteiger partial charge in [-0.1, -0.05) is 27.7 Å². The van der Waals surface area contributed by atoms with Crippen molar-refractivity contribution in [3.63, 3.8) is 0 Å². The van der Waals surface area contributed by atoms with Gasteiger partial charge in [0.1, 0.15) is 0 Å². The Morgan fingerprint density at radius 3 is 2.28 bits per heavy atom. The molecule has 0 bridgehead atoms. The van der Waals surface area contributed by atoms with Gasteiger partial charge in [-0.15, -0.1) is 0 Å². The van der Waals surface area contributed by atoms with Crippen LogP contribution in [0.4, 0.5) is 0 Å². The van der Waals surface area contributed by atoms with E-state index in [-0.39, 0.29) is 5.54 Å². The molecule has 1 saturated heterocycles. The third-order valence-electron chi connectivity index (χ3n) is 4.30. The lowest BCUT2D eigenvalue weighted by molar-refractivity contribution is 0.0608. The highest BCUT2D eigenvalue weighted by molar-refractivity contribution is 4.94. The first kappa shape index (κ1) is 16.0. The second-order valence-corrected chi connectivity index (χ2v) is 8.17. The lowest BCUT2D eigenvalue weighted by atomic mass is 9.80. The number of hydrogen-bond acceptors (Lipinski definition) is 2. The number of nitrogens with zero attached hydrogens (tertiary/aromatic N) is 1. The van der Waals surface area contributed by atoms with E-state index >= 15 is 0 Å². The number of nitrogens with one attached hydrogen (secondary N) is 1. The largest absolute Gasteiger partial charge is 0.310 e. The predicted molar refractivity (Wildman–Crippen MR) is 81.0 cm³/mol. The molecule has 1 aliphatic rings. The minimum absolute atomic E-state index is 0.283. The smallest absolute Gasteiger partial charge is 0.0278 e. The topological polar surface area (TPSA) is 15.3 Å². The lowest BCUT2D eigenvalue weighted by Gasteiger charge is -2.45. The summed E-state index contributed by atoms with van der Waals surface area (Å²) in [5.74, 6) is 0. The van der Waals surface area contributed by atoms with Crippen molar-refractivity contribution in [2.45, 2.75) is 78.8 Å². The summed E-state index contributed by atoms with van der Waals surface area (Å²) >= 11 is 0. The highest BCUT2D eigenvalue weighted by atomic mass is 15.2. The van der Waals surface area contributed by atoms with Crippen molar-refractivity contribution in [3.8, 4) is 0 Å². The molecule has 1 rings (SSSR count). The zero-order chi connectivity index (χ0) is 14.0. The molecule has 1 heterocycles. The zero-order valence-electron chi connectivity index (χ0n) is 13.7. The molecule has 1 unspecified atom stereocenters. The molecule has 18 heavy (non-hydrogen) atoms. The molecule has 0 radical (unpaired) electrons. The average Bonchev–Trinajstić information content (AvgIpc) is 2.38. The molecule has 1 aliphatic heterocycles. The van der Waals surface area contributed by atoms with Crippen molar-refractivity contribution in [2.75, 3.05) is 19.6 Å². The monoisotopic (exact) mass is 254 g/mol. The first-order valence-corrected chi connectivity index (χ1v) is 7.58. The third kappa shape index (κ3) is 4.55. The molecule has 0 aliphatic carbocycles. The molecule has 1 N–H and O–H groups in total. The maximum absolute atomic E-state index is 3.73. The van der Waals surface area contributed by atoms with Gasteiger partial charge in [-0.3, -0.25) is 4.90 Å². The maximum atomic E-state index is 3.73. The van der Waals surface area contributed by atoms with Gasteiger partial charge in [-0.2, -0.15) is 0 Å². The molecule has 2 nitrogen and oxygen atoms in total. The van der Waals surface area contributed by atoms with Crippen LogP contribution in [0.1, 0.15) is 67.7 Å². The Balaban J connectivity index is 2.79. The Kier molecular flexibility index (Phi) is 4.88. The van der Waals surface area contributed by atoms with Crippen LogP contribution < -0.4 is 5.32 Å². The van der Waals surface area contributed by atoms with Crippen LogP contribution in [0.25, 0.3) is 0 Å². The molecule has 2 heteroatoms. The summed E-state index contributed by atoms with van der Waals surface area (Å²) in [4.78, 5) is 2.71. The van der Waals surface area contributed by atoms with Crippen molar-refractivity contribution in [2.24, 2.45) is 5.41 Å². The van der Waals surface area contributed by atoms with Crippen LogP contribution in [0.2, 0.25) is 0 Å². The predicted octanol–water partition coefficient (Wildman–Crippen LogP) is 3.67. The second kappa shape index (κ2) is 5.50. The molecular weight excluding hydrogens is 220 g/mol. The summed E-state index contributed by atoms with van der Waals surface area (Å²) in [7, 11) is 0. The van der Waals surface area contributed by atoms with Gasteiger partial charge in [0, 0.05) is 17.6 Å². The Hall–Kier alpha value is -0.0800.